The van der Waals surface area contributed by atoms with E-state index in [9.17, 15) is 9.59 Å². The smallest absolute Gasteiger partial charge is 0.243 e. The van der Waals surface area contributed by atoms with Gasteiger partial charge in [-0.05, 0) is 30.0 Å². The van der Waals surface area contributed by atoms with E-state index in [0.717, 1.165) is 24.0 Å². The fraction of sp³-hybridized carbons (Fsp3) is 0.389. The SMILES string of the molecule is CC(=O)N1CCCC1C(=O)NCc1ccccc1Cn1cccn1. The van der Waals surface area contributed by atoms with Crippen LogP contribution in [0.25, 0.3) is 0 Å². The molecule has 0 radical (unpaired) electrons. The summed E-state index contributed by atoms with van der Waals surface area (Å²) in [6, 6.07) is 9.56. The zero-order valence-electron chi connectivity index (χ0n) is 13.8. The minimum Gasteiger partial charge on any atom is -0.350 e. The Morgan fingerprint density at radius 1 is 1.25 bits per heavy atom. The van der Waals surface area contributed by atoms with Crippen LogP contribution in [0.2, 0.25) is 0 Å². The van der Waals surface area contributed by atoms with Crippen LogP contribution >= 0.6 is 0 Å². The van der Waals surface area contributed by atoms with E-state index in [1.807, 2.05) is 41.2 Å². The Morgan fingerprint density at radius 3 is 2.75 bits per heavy atom. The largest absolute Gasteiger partial charge is 0.350 e. The van der Waals surface area contributed by atoms with Gasteiger partial charge in [0.05, 0.1) is 6.54 Å². The lowest BCUT2D eigenvalue weighted by Gasteiger charge is -2.22. The Labute approximate surface area is 141 Å². The van der Waals surface area contributed by atoms with E-state index >= 15 is 0 Å². The number of likely N-dealkylation sites (tertiary alicyclic amines) is 1. The van der Waals surface area contributed by atoms with Crippen LogP contribution in [0.3, 0.4) is 0 Å². The lowest BCUT2D eigenvalue weighted by atomic mass is 10.1. The van der Waals surface area contributed by atoms with Crippen LogP contribution < -0.4 is 5.32 Å². The minimum atomic E-state index is -0.333. The molecule has 2 heterocycles. The molecule has 24 heavy (non-hydrogen) atoms. The van der Waals surface area contributed by atoms with E-state index in [-0.39, 0.29) is 17.9 Å². The molecule has 0 saturated carbocycles. The number of carbonyl (C=O) groups is 2. The quantitative estimate of drug-likeness (QED) is 0.907. The predicted octanol–water partition coefficient (Wildman–Crippen LogP) is 1.56. The molecule has 0 bridgehead atoms. The first-order valence-electron chi connectivity index (χ1n) is 8.24. The Morgan fingerprint density at radius 2 is 2.04 bits per heavy atom. The molecule has 0 aliphatic carbocycles. The van der Waals surface area contributed by atoms with Crippen LogP contribution in [0.1, 0.15) is 30.9 Å². The van der Waals surface area contributed by atoms with Crippen molar-refractivity contribution in [3.05, 3.63) is 53.9 Å². The summed E-state index contributed by atoms with van der Waals surface area (Å²) < 4.78 is 1.86. The molecule has 1 aliphatic heterocycles. The molecular weight excluding hydrogens is 304 g/mol. The molecule has 1 unspecified atom stereocenters. The van der Waals surface area contributed by atoms with E-state index < -0.39 is 0 Å². The highest BCUT2D eigenvalue weighted by Gasteiger charge is 2.32. The number of benzene rings is 1. The van der Waals surface area contributed by atoms with E-state index in [0.29, 0.717) is 19.6 Å². The molecular formula is C18H22N4O2. The van der Waals surface area contributed by atoms with Gasteiger partial charge in [-0.3, -0.25) is 14.3 Å². The van der Waals surface area contributed by atoms with Crippen LogP contribution in [-0.4, -0.2) is 39.1 Å². The van der Waals surface area contributed by atoms with Crippen molar-refractivity contribution < 1.29 is 9.59 Å². The Bertz CT molecular complexity index is 712. The van der Waals surface area contributed by atoms with Crippen LogP contribution in [0.5, 0.6) is 0 Å². The fourth-order valence-electron chi connectivity index (χ4n) is 3.17. The summed E-state index contributed by atoms with van der Waals surface area (Å²) in [7, 11) is 0. The standard InChI is InChI=1S/C18H22N4O2/c1-14(23)22-11-4-8-17(22)18(24)19-12-15-6-2-3-7-16(15)13-21-10-5-9-20-21/h2-3,5-7,9-10,17H,4,8,11-13H2,1H3,(H,19,24). The number of rotatable bonds is 5. The fourth-order valence-corrected chi connectivity index (χ4v) is 3.17. The predicted molar refractivity (Wildman–Crippen MR) is 90.0 cm³/mol. The van der Waals surface area contributed by atoms with Gasteiger partial charge in [0.2, 0.25) is 11.8 Å². The van der Waals surface area contributed by atoms with Gasteiger partial charge in [0.25, 0.3) is 0 Å². The summed E-state index contributed by atoms with van der Waals surface area (Å²) in [6.07, 6.45) is 5.29. The molecule has 2 aromatic rings. The van der Waals surface area contributed by atoms with Crippen molar-refractivity contribution in [2.45, 2.75) is 38.9 Å². The third-order valence-electron chi connectivity index (χ3n) is 4.42. The van der Waals surface area contributed by atoms with Crippen molar-refractivity contribution in [2.75, 3.05) is 6.54 Å². The molecule has 6 heteroatoms. The maximum absolute atomic E-state index is 12.4. The van der Waals surface area contributed by atoms with Crippen LogP contribution in [0.4, 0.5) is 0 Å². The Balaban J connectivity index is 1.64. The second-order valence-corrected chi connectivity index (χ2v) is 6.06. The topological polar surface area (TPSA) is 67.2 Å². The van der Waals surface area contributed by atoms with E-state index in [4.69, 9.17) is 0 Å². The van der Waals surface area contributed by atoms with E-state index in [1.54, 1.807) is 11.1 Å². The maximum atomic E-state index is 12.4. The summed E-state index contributed by atoms with van der Waals surface area (Å²) in [5.74, 6) is -0.108. The lowest BCUT2D eigenvalue weighted by molar-refractivity contribution is -0.136. The monoisotopic (exact) mass is 326 g/mol. The van der Waals surface area contributed by atoms with E-state index in [1.165, 1.54) is 6.92 Å². The van der Waals surface area contributed by atoms with Gasteiger partial charge in [-0.2, -0.15) is 5.10 Å². The molecule has 1 aromatic carbocycles. The van der Waals surface area contributed by atoms with Crippen molar-refractivity contribution in [1.82, 2.24) is 20.0 Å². The number of nitrogens with zero attached hydrogens (tertiary/aromatic N) is 3. The number of amides is 2. The van der Waals surface area contributed by atoms with Crippen LogP contribution in [0, 0.1) is 0 Å². The van der Waals surface area contributed by atoms with Gasteiger partial charge in [0.15, 0.2) is 0 Å². The number of carbonyl (C=O) groups excluding carboxylic acids is 2. The lowest BCUT2D eigenvalue weighted by Crippen LogP contribution is -2.45. The van der Waals surface area contributed by atoms with Gasteiger partial charge in [0.1, 0.15) is 6.04 Å². The number of nitrogens with one attached hydrogen (secondary N) is 1. The van der Waals surface area contributed by atoms with Crippen molar-refractivity contribution in [1.29, 1.82) is 0 Å². The third kappa shape index (κ3) is 3.64. The number of hydrogen-bond acceptors (Lipinski definition) is 3. The van der Waals surface area contributed by atoms with Crippen molar-refractivity contribution in [3.8, 4) is 0 Å². The molecule has 126 valence electrons. The van der Waals surface area contributed by atoms with Crippen molar-refractivity contribution in [3.63, 3.8) is 0 Å². The summed E-state index contributed by atoms with van der Waals surface area (Å²) in [6.45, 7) is 3.31. The van der Waals surface area contributed by atoms with Crippen molar-refractivity contribution in [2.24, 2.45) is 0 Å². The summed E-state index contributed by atoms with van der Waals surface area (Å²) >= 11 is 0. The van der Waals surface area contributed by atoms with Gasteiger partial charge in [-0.1, -0.05) is 24.3 Å². The highest BCUT2D eigenvalue weighted by molar-refractivity contribution is 5.87. The molecule has 1 aliphatic rings. The Hall–Kier alpha value is -2.63. The average molecular weight is 326 g/mol. The summed E-state index contributed by atoms with van der Waals surface area (Å²) in [5, 5.41) is 7.21. The molecule has 0 spiro atoms. The second kappa shape index (κ2) is 7.29. The summed E-state index contributed by atoms with van der Waals surface area (Å²) in [5.41, 5.74) is 2.19. The van der Waals surface area contributed by atoms with Crippen molar-refractivity contribution >= 4 is 11.8 Å². The zero-order chi connectivity index (χ0) is 16.9. The highest BCUT2D eigenvalue weighted by Crippen LogP contribution is 2.18. The van der Waals surface area contributed by atoms with Crippen LogP contribution in [0.15, 0.2) is 42.7 Å². The Kier molecular flexibility index (Phi) is 4.93. The van der Waals surface area contributed by atoms with Gasteiger partial charge in [-0.25, -0.2) is 0 Å². The van der Waals surface area contributed by atoms with Crippen LogP contribution in [-0.2, 0) is 22.7 Å². The third-order valence-corrected chi connectivity index (χ3v) is 4.42. The highest BCUT2D eigenvalue weighted by atomic mass is 16.2. The normalized spacial score (nSPS) is 17.0. The number of aromatic nitrogens is 2. The first-order chi connectivity index (χ1) is 11.6. The first kappa shape index (κ1) is 16.2. The van der Waals surface area contributed by atoms with Gasteiger partial charge in [-0.15, -0.1) is 0 Å². The molecule has 1 aromatic heterocycles. The molecule has 1 fully saturated rings. The molecule has 1 saturated heterocycles. The van der Waals surface area contributed by atoms with Gasteiger partial charge in [0, 0.05) is 32.4 Å². The molecule has 6 nitrogen and oxygen atoms in total. The molecule has 1 N–H and O–H groups in total. The molecule has 3 rings (SSSR count). The van der Waals surface area contributed by atoms with Gasteiger partial charge < -0.3 is 10.2 Å². The average Bonchev–Trinajstić information content (AvgIpc) is 3.25. The second-order valence-electron chi connectivity index (χ2n) is 6.06. The summed E-state index contributed by atoms with van der Waals surface area (Å²) in [4.78, 5) is 25.7. The van der Waals surface area contributed by atoms with E-state index in [2.05, 4.69) is 10.4 Å². The minimum absolute atomic E-state index is 0.0354. The zero-order valence-corrected chi connectivity index (χ0v) is 13.8. The molecule has 2 amide bonds. The van der Waals surface area contributed by atoms with Gasteiger partial charge >= 0.3 is 0 Å². The maximum Gasteiger partial charge on any atom is 0.243 e. The molecule has 1 atom stereocenters. The first-order valence-corrected chi connectivity index (χ1v) is 8.24. The number of hydrogen-bond donors (Lipinski definition) is 1.